The minimum Gasteiger partial charge on any atom is -0.457 e. The van der Waals surface area contributed by atoms with E-state index in [1.165, 1.54) is 83.5 Å². The Hall–Kier alpha value is -1.80. The maximum Gasteiger partial charge on any atom is 0.472 e. The number of phosphoric acid groups is 1. The van der Waals surface area contributed by atoms with E-state index in [1.807, 2.05) is 21.1 Å². The number of hydrogen-bond acceptors (Lipinski definition) is 6. The Bertz CT molecular complexity index is 1090. The molecule has 0 bridgehead atoms. The monoisotopic (exact) mass is 823 g/mol. The summed E-state index contributed by atoms with van der Waals surface area (Å²) in [5.74, 6) is -0.328. The Morgan fingerprint density at radius 2 is 1.02 bits per heavy atom. The number of carbonyl (C=O) groups excluding carboxylic acids is 1. The maximum absolute atomic E-state index is 12.7. The molecule has 57 heavy (non-hydrogen) atoms. The van der Waals surface area contributed by atoms with Gasteiger partial charge >= 0.3 is 13.8 Å². The van der Waals surface area contributed by atoms with Crippen LogP contribution in [-0.4, -0.2) is 75.6 Å². The number of rotatable bonds is 42. The second-order valence-corrected chi connectivity index (χ2v) is 17.9. The second-order valence-electron chi connectivity index (χ2n) is 16.4. The molecule has 332 valence electrons. The highest BCUT2D eigenvalue weighted by Crippen LogP contribution is 2.43. The summed E-state index contributed by atoms with van der Waals surface area (Å²) in [6.07, 6.45) is 51.1. The molecule has 0 saturated carbocycles. The molecule has 0 amide bonds. The summed E-state index contributed by atoms with van der Waals surface area (Å²) < 4.78 is 35.0. The molecule has 0 rings (SSSR count). The normalized spacial score (nSPS) is 14.3. The molecule has 2 atom stereocenters. The lowest BCUT2D eigenvalue weighted by Crippen LogP contribution is -2.37. The Kier molecular flexibility index (Phi) is 39.7. The number of carbonyl (C=O) groups is 1. The third-order valence-electron chi connectivity index (χ3n) is 9.56. The van der Waals surface area contributed by atoms with E-state index in [2.05, 4.69) is 74.6 Å². The zero-order valence-corrected chi connectivity index (χ0v) is 38.5. The highest BCUT2D eigenvalue weighted by Gasteiger charge is 2.26. The zero-order chi connectivity index (χ0) is 42.0. The molecule has 0 heterocycles. The van der Waals surface area contributed by atoms with Gasteiger partial charge in [0, 0.05) is 13.0 Å². The zero-order valence-electron chi connectivity index (χ0n) is 37.6. The lowest BCUT2D eigenvalue weighted by molar-refractivity contribution is -0.870. The van der Waals surface area contributed by atoms with Crippen LogP contribution in [0.25, 0.3) is 0 Å². The minimum atomic E-state index is -4.28. The maximum atomic E-state index is 12.7. The van der Waals surface area contributed by atoms with E-state index >= 15 is 0 Å². The van der Waals surface area contributed by atoms with E-state index in [9.17, 15) is 14.3 Å². The largest absolute Gasteiger partial charge is 0.472 e. The number of phosphoric ester groups is 1. The molecule has 0 saturated heterocycles. The van der Waals surface area contributed by atoms with E-state index in [-0.39, 0.29) is 25.8 Å². The first-order valence-electron chi connectivity index (χ1n) is 23.0. The molecule has 9 heteroatoms. The van der Waals surface area contributed by atoms with Gasteiger partial charge in [-0.1, -0.05) is 158 Å². The minimum absolute atomic E-state index is 0.0823. The molecule has 0 aliphatic rings. The number of hydrogen-bond donors (Lipinski definition) is 1. The first-order valence-corrected chi connectivity index (χ1v) is 24.5. The predicted molar refractivity (Wildman–Crippen MR) is 242 cm³/mol. The molecule has 0 aromatic heterocycles. The van der Waals surface area contributed by atoms with Crippen molar-refractivity contribution in [1.29, 1.82) is 0 Å². The Labute approximate surface area is 351 Å². The van der Waals surface area contributed by atoms with Crippen molar-refractivity contribution >= 4 is 13.8 Å². The van der Waals surface area contributed by atoms with Crippen LogP contribution in [0.5, 0.6) is 0 Å². The van der Waals surface area contributed by atoms with Crippen LogP contribution in [0, 0.1) is 0 Å². The fraction of sp³-hybridized carbons (Fsp3) is 0.771. The molecule has 2 unspecified atom stereocenters. The molecule has 0 aromatic rings. The molecule has 0 aliphatic carbocycles. The van der Waals surface area contributed by atoms with Gasteiger partial charge in [0.25, 0.3) is 0 Å². The summed E-state index contributed by atoms with van der Waals surface area (Å²) in [6.45, 7) is 5.46. The van der Waals surface area contributed by atoms with Crippen molar-refractivity contribution in [2.24, 2.45) is 0 Å². The Balaban J connectivity index is 4.24. The number of ether oxygens (including phenoxy) is 2. The molecule has 0 spiro atoms. The lowest BCUT2D eigenvalue weighted by atomic mass is 10.1. The van der Waals surface area contributed by atoms with Gasteiger partial charge in [-0.25, -0.2) is 4.57 Å². The number of nitrogens with zero attached hydrogens (tertiary/aromatic N) is 1. The van der Waals surface area contributed by atoms with Gasteiger partial charge < -0.3 is 18.9 Å². The average molecular weight is 823 g/mol. The summed E-state index contributed by atoms with van der Waals surface area (Å²) in [4.78, 5) is 22.9. The molecule has 8 nitrogen and oxygen atoms in total. The molecular weight excluding hydrogens is 734 g/mol. The first kappa shape index (κ1) is 55.2. The number of unbranched alkanes of at least 4 members (excludes halogenated alkanes) is 18. The average Bonchev–Trinajstić information content (AvgIpc) is 3.16. The van der Waals surface area contributed by atoms with Crippen LogP contribution < -0.4 is 0 Å². The first-order chi connectivity index (χ1) is 27.6. The smallest absolute Gasteiger partial charge is 0.457 e. The van der Waals surface area contributed by atoms with Crippen molar-refractivity contribution in [3.8, 4) is 0 Å². The summed E-state index contributed by atoms with van der Waals surface area (Å²) >= 11 is 0. The molecule has 1 N–H and O–H groups in total. The van der Waals surface area contributed by atoms with Gasteiger partial charge in [-0.3, -0.25) is 13.8 Å². The summed E-state index contributed by atoms with van der Waals surface area (Å²) in [5.41, 5.74) is 0. The molecule has 0 fully saturated rings. The summed E-state index contributed by atoms with van der Waals surface area (Å²) in [7, 11) is 1.65. The SMILES string of the molecule is CC/C=C\C/C=C\C/C=C\C/C=C\CCCCCCCCCOCC(COP(=O)(O)OCC[N+](C)(C)C)OC(=O)CCCCCCC/C=C\CCCCCCCC. The predicted octanol–water partition coefficient (Wildman–Crippen LogP) is 13.7. The molecule has 0 aromatic carbocycles. The topological polar surface area (TPSA) is 91.3 Å². The molecular formula is C48H89NO7P+. The summed E-state index contributed by atoms with van der Waals surface area (Å²) in [6, 6.07) is 0. The fourth-order valence-electron chi connectivity index (χ4n) is 6.01. The van der Waals surface area contributed by atoms with Gasteiger partial charge in [-0.2, -0.15) is 0 Å². The van der Waals surface area contributed by atoms with Crippen molar-refractivity contribution in [3.05, 3.63) is 60.8 Å². The highest BCUT2D eigenvalue weighted by molar-refractivity contribution is 7.47. The second kappa shape index (κ2) is 41.0. The van der Waals surface area contributed by atoms with Crippen LogP contribution in [0.15, 0.2) is 60.8 Å². The quantitative estimate of drug-likeness (QED) is 0.0215. The van der Waals surface area contributed by atoms with Gasteiger partial charge in [-0.15, -0.1) is 0 Å². The van der Waals surface area contributed by atoms with Crippen LogP contribution in [-0.2, 0) is 27.9 Å². The Morgan fingerprint density at radius 3 is 1.54 bits per heavy atom. The number of allylic oxidation sites excluding steroid dienone is 10. The van der Waals surface area contributed by atoms with E-state index in [1.54, 1.807) is 0 Å². The van der Waals surface area contributed by atoms with Gasteiger partial charge in [0.05, 0.1) is 34.4 Å². The van der Waals surface area contributed by atoms with Gasteiger partial charge in [0.15, 0.2) is 0 Å². The number of esters is 1. The van der Waals surface area contributed by atoms with Crippen LogP contribution in [0.2, 0.25) is 0 Å². The Morgan fingerprint density at radius 1 is 0.561 bits per heavy atom. The van der Waals surface area contributed by atoms with Crippen LogP contribution in [0.1, 0.15) is 181 Å². The number of quaternary nitrogens is 1. The third kappa shape index (κ3) is 45.1. The van der Waals surface area contributed by atoms with Crippen molar-refractivity contribution in [2.75, 3.05) is 54.1 Å². The van der Waals surface area contributed by atoms with Crippen molar-refractivity contribution in [2.45, 2.75) is 187 Å². The third-order valence-corrected chi connectivity index (χ3v) is 10.5. The van der Waals surface area contributed by atoms with Crippen LogP contribution in [0.3, 0.4) is 0 Å². The van der Waals surface area contributed by atoms with Crippen LogP contribution >= 0.6 is 7.82 Å². The lowest BCUT2D eigenvalue weighted by Gasteiger charge is -2.24. The summed E-state index contributed by atoms with van der Waals surface area (Å²) in [5, 5.41) is 0. The van der Waals surface area contributed by atoms with E-state index in [0.717, 1.165) is 77.0 Å². The van der Waals surface area contributed by atoms with Gasteiger partial charge in [0.2, 0.25) is 0 Å². The fourth-order valence-corrected chi connectivity index (χ4v) is 6.75. The highest BCUT2D eigenvalue weighted by atomic mass is 31.2. The van der Waals surface area contributed by atoms with Crippen LogP contribution in [0.4, 0.5) is 0 Å². The molecule has 0 radical (unpaired) electrons. The van der Waals surface area contributed by atoms with Crippen molar-refractivity contribution < 1.29 is 37.3 Å². The van der Waals surface area contributed by atoms with Crippen molar-refractivity contribution in [3.63, 3.8) is 0 Å². The van der Waals surface area contributed by atoms with E-state index in [4.69, 9.17) is 18.5 Å². The number of likely N-dealkylation sites (N-methyl/N-ethyl adjacent to an activating group) is 1. The van der Waals surface area contributed by atoms with E-state index in [0.29, 0.717) is 24.1 Å². The van der Waals surface area contributed by atoms with E-state index < -0.39 is 13.9 Å². The standard InChI is InChI=1S/C48H88NO7P/c1-6-8-10-12-14-16-18-20-22-23-24-25-26-28-30-32-34-36-38-40-43-53-45-47(46-55-57(51,52)54-44-42-49(3,4)5)56-48(50)41-39-37-35-33-31-29-27-21-19-17-15-13-11-9-7-2/h8,10,14,16,20-22,24-25,27,47H,6-7,9,11-13,15,17-19,23,26,28-46H2,1-5H3/p+1/b10-8-,16-14-,22-20-,25-24-,27-21-. The molecule has 0 aliphatic heterocycles. The van der Waals surface area contributed by atoms with Gasteiger partial charge in [0.1, 0.15) is 19.3 Å². The van der Waals surface area contributed by atoms with Gasteiger partial charge in [-0.05, 0) is 77.0 Å². The van der Waals surface area contributed by atoms with Crippen molar-refractivity contribution in [1.82, 2.24) is 0 Å².